The van der Waals surface area contributed by atoms with Crippen LogP contribution in [-0.2, 0) is 4.79 Å². The summed E-state index contributed by atoms with van der Waals surface area (Å²) < 4.78 is 1.62. The Balaban J connectivity index is 1.72. The number of rotatable bonds is 3. The molecule has 0 bridgehead atoms. The summed E-state index contributed by atoms with van der Waals surface area (Å²) in [6, 6.07) is 18.9. The van der Waals surface area contributed by atoms with Gasteiger partial charge in [0.2, 0.25) is 5.91 Å². The minimum Gasteiger partial charge on any atom is -0.339 e. The minimum absolute atomic E-state index is 0.0320. The minimum atomic E-state index is -0.122. The molecule has 148 valence electrons. The quantitative estimate of drug-likeness (QED) is 0.666. The fraction of sp³-hybridized carbons (Fsp3) is 0.227. The first kappa shape index (κ1) is 19.2. The van der Waals surface area contributed by atoms with E-state index in [0.717, 1.165) is 5.56 Å². The number of amides is 2. The highest BCUT2D eigenvalue weighted by molar-refractivity contribution is 6.32. The first-order valence-corrected chi connectivity index (χ1v) is 9.87. The van der Waals surface area contributed by atoms with Crippen LogP contribution >= 0.6 is 11.6 Å². The molecule has 0 unspecified atom stereocenters. The fourth-order valence-corrected chi connectivity index (χ4v) is 3.69. The van der Waals surface area contributed by atoms with E-state index in [1.165, 1.54) is 0 Å². The van der Waals surface area contributed by atoms with E-state index in [0.29, 0.717) is 48.3 Å². The lowest BCUT2D eigenvalue weighted by Crippen LogP contribution is -2.50. The molecule has 1 aromatic heterocycles. The van der Waals surface area contributed by atoms with E-state index < -0.39 is 0 Å². The molecule has 0 saturated carbocycles. The summed E-state index contributed by atoms with van der Waals surface area (Å²) in [6.07, 6.45) is 0. The molecule has 2 heterocycles. The third-order valence-corrected chi connectivity index (χ3v) is 5.41. The Kier molecular flexibility index (Phi) is 5.36. The molecule has 0 radical (unpaired) electrons. The molecule has 1 fully saturated rings. The van der Waals surface area contributed by atoms with Crippen LogP contribution in [0.1, 0.15) is 17.4 Å². The van der Waals surface area contributed by atoms with Crippen LogP contribution in [0.5, 0.6) is 0 Å². The topological polar surface area (TPSA) is 58.4 Å². The van der Waals surface area contributed by atoms with Gasteiger partial charge in [0.25, 0.3) is 5.91 Å². The van der Waals surface area contributed by atoms with Crippen molar-refractivity contribution in [2.24, 2.45) is 0 Å². The van der Waals surface area contributed by atoms with Crippen LogP contribution in [-0.4, -0.2) is 57.6 Å². The Bertz CT molecular complexity index is 1040. The third kappa shape index (κ3) is 3.89. The fourth-order valence-electron chi connectivity index (χ4n) is 3.48. The van der Waals surface area contributed by atoms with Crippen molar-refractivity contribution in [1.82, 2.24) is 19.6 Å². The molecular weight excluding hydrogens is 388 g/mol. The van der Waals surface area contributed by atoms with Crippen LogP contribution in [0.15, 0.2) is 60.7 Å². The second-order valence-corrected chi connectivity index (χ2v) is 7.35. The van der Waals surface area contributed by atoms with Crippen LogP contribution in [0.3, 0.4) is 0 Å². The van der Waals surface area contributed by atoms with Crippen molar-refractivity contribution < 1.29 is 9.59 Å². The Morgan fingerprint density at radius 1 is 0.897 bits per heavy atom. The van der Waals surface area contributed by atoms with Gasteiger partial charge in [-0.15, -0.1) is 0 Å². The van der Waals surface area contributed by atoms with Gasteiger partial charge in [-0.25, -0.2) is 4.68 Å². The number of halogens is 1. The van der Waals surface area contributed by atoms with E-state index in [2.05, 4.69) is 0 Å². The SMILES string of the molecule is CC(=O)N1CCN(C(=O)c2cc(-c3ccccc3)nn2-c2ccccc2Cl)CC1. The van der Waals surface area contributed by atoms with Crippen molar-refractivity contribution in [3.8, 4) is 16.9 Å². The zero-order valence-corrected chi connectivity index (χ0v) is 16.8. The average molecular weight is 409 g/mol. The normalized spacial score (nSPS) is 14.1. The van der Waals surface area contributed by atoms with Gasteiger partial charge in [-0.2, -0.15) is 5.10 Å². The summed E-state index contributed by atoms with van der Waals surface area (Å²) in [5.41, 5.74) is 2.74. The summed E-state index contributed by atoms with van der Waals surface area (Å²) >= 11 is 6.40. The van der Waals surface area contributed by atoms with E-state index in [-0.39, 0.29) is 11.8 Å². The molecule has 6 nitrogen and oxygen atoms in total. The standard InChI is InChI=1S/C22H21ClN4O2/c1-16(28)25-11-13-26(14-12-25)22(29)21-15-19(17-7-3-2-4-8-17)24-27(21)20-10-6-5-9-18(20)23/h2-10,15H,11-14H2,1H3. The lowest BCUT2D eigenvalue weighted by molar-refractivity contribution is -0.130. The van der Waals surface area contributed by atoms with Crippen LogP contribution in [0.2, 0.25) is 5.02 Å². The number of aromatic nitrogens is 2. The Morgan fingerprint density at radius 2 is 1.52 bits per heavy atom. The van der Waals surface area contributed by atoms with Crippen molar-refractivity contribution in [3.63, 3.8) is 0 Å². The third-order valence-electron chi connectivity index (χ3n) is 5.09. The molecule has 0 atom stereocenters. The molecule has 0 N–H and O–H groups in total. The molecule has 29 heavy (non-hydrogen) atoms. The van der Waals surface area contributed by atoms with Gasteiger partial charge >= 0.3 is 0 Å². The van der Waals surface area contributed by atoms with Crippen molar-refractivity contribution in [2.75, 3.05) is 26.2 Å². The van der Waals surface area contributed by atoms with Crippen LogP contribution in [0, 0.1) is 0 Å². The Morgan fingerprint density at radius 3 is 2.17 bits per heavy atom. The van der Waals surface area contributed by atoms with Gasteiger partial charge in [0.1, 0.15) is 5.69 Å². The van der Waals surface area contributed by atoms with Crippen LogP contribution in [0.25, 0.3) is 16.9 Å². The maximum absolute atomic E-state index is 13.3. The van der Waals surface area contributed by atoms with Crippen molar-refractivity contribution in [1.29, 1.82) is 0 Å². The Hall–Kier alpha value is -3.12. The Labute approximate surface area is 174 Å². The van der Waals surface area contributed by atoms with E-state index in [9.17, 15) is 9.59 Å². The van der Waals surface area contributed by atoms with Gasteiger partial charge < -0.3 is 9.80 Å². The first-order valence-electron chi connectivity index (χ1n) is 9.50. The molecule has 3 aromatic rings. The first-order chi connectivity index (χ1) is 14.0. The smallest absolute Gasteiger partial charge is 0.272 e. The molecule has 2 amide bonds. The predicted molar refractivity (Wildman–Crippen MR) is 112 cm³/mol. The average Bonchev–Trinajstić information content (AvgIpc) is 3.19. The van der Waals surface area contributed by atoms with Gasteiger partial charge in [-0.3, -0.25) is 9.59 Å². The van der Waals surface area contributed by atoms with E-state index in [4.69, 9.17) is 16.7 Å². The second-order valence-electron chi connectivity index (χ2n) is 6.94. The number of benzene rings is 2. The number of piperazine rings is 1. The number of hydrogen-bond acceptors (Lipinski definition) is 3. The van der Waals surface area contributed by atoms with E-state index >= 15 is 0 Å². The monoisotopic (exact) mass is 408 g/mol. The lowest BCUT2D eigenvalue weighted by atomic mass is 10.1. The van der Waals surface area contributed by atoms with Gasteiger partial charge in [0.15, 0.2) is 0 Å². The van der Waals surface area contributed by atoms with Crippen LogP contribution < -0.4 is 0 Å². The number of carbonyl (C=O) groups is 2. The largest absolute Gasteiger partial charge is 0.339 e. The van der Waals surface area contributed by atoms with E-state index in [1.54, 1.807) is 33.5 Å². The summed E-state index contributed by atoms with van der Waals surface area (Å²) in [4.78, 5) is 28.4. The van der Waals surface area contributed by atoms with Crippen molar-refractivity contribution >= 4 is 23.4 Å². The second kappa shape index (κ2) is 8.09. The van der Waals surface area contributed by atoms with Gasteiger partial charge in [0, 0.05) is 38.7 Å². The highest BCUT2D eigenvalue weighted by Gasteiger charge is 2.27. The summed E-state index contributed by atoms with van der Waals surface area (Å²) in [7, 11) is 0. The van der Waals surface area contributed by atoms with Gasteiger partial charge in [-0.1, -0.05) is 54.1 Å². The number of para-hydroxylation sites is 1. The molecule has 1 aliphatic rings. The summed E-state index contributed by atoms with van der Waals surface area (Å²) in [5, 5.41) is 5.21. The lowest BCUT2D eigenvalue weighted by Gasteiger charge is -2.34. The molecule has 2 aromatic carbocycles. The zero-order chi connectivity index (χ0) is 20.4. The highest BCUT2D eigenvalue weighted by Crippen LogP contribution is 2.26. The van der Waals surface area contributed by atoms with Crippen molar-refractivity contribution in [2.45, 2.75) is 6.92 Å². The van der Waals surface area contributed by atoms with Gasteiger partial charge in [-0.05, 0) is 18.2 Å². The predicted octanol–water partition coefficient (Wildman–Crippen LogP) is 3.50. The number of nitrogens with zero attached hydrogens (tertiary/aromatic N) is 4. The summed E-state index contributed by atoms with van der Waals surface area (Å²) in [5.74, 6) is -0.0904. The maximum atomic E-state index is 13.3. The molecule has 1 aliphatic heterocycles. The number of carbonyl (C=O) groups excluding carboxylic acids is 2. The summed E-state index contributed by atoms with van der Waals surface area (Å²) in [6.45, 7) is 3.61. The van der Waals surface area contributed by atoms with Gasteiger partial charge in [0.05, 0.1) is 16.4 Å². The molecule has 1 saturated heterocycles. The van der Waals surface area contributed by atoms with E-state index in [1.807, 2.05) is 48.5 Å². The van der Waals surface area contributed by atoms with Crippen molar-refractivity contribution in [3.05, 3.63) is 71.4 Å². The highest BCUT2D eigenvalue weighted by atomic mass is 35.5. The van der Waals surface area contributed by atoms with Crippen LogP contribution in [0.4, 0.5) is 0 Å². The molecule has 4 rings (SSSR count). The molecule has 7 heteroatoms. The maximum Gasteiger partial charge on any atom is 0.272 e. The molecule has 0 aliphatic carbocycles. The number of hydrogen-bond donors (Lipinski definition) is 0. The molecule has 0 spiro atoms. The molecular formula is C22H21ClN4O2. The zero-order valence-electron chi connectivity index (χ0n) is 16.1.